The van der Waals surface area contributed by atoms with Crippen LogP contribution in [0.15, 0.2) is 11.2 Å². The number of aromatic nitrogens is 1. The lowest BCUT2D eigenvalue weighted by Crippen LogP contribution is -2.49. The van der Waals surface area contributed by atoms with E-state index in [9.17, 15) is 0 Å². The molecule has 0 unspecified atom stereocenters. The first-order valence-electron chi connectivity index (χ1n) is 8.31. The minimum absolute atomic E-state index is 0.502. The predicted octanol–water partition coefficient (Wildman–Crippen LogP) is 1.27. The van der Waals surface area contributed by atoms with E-state index in [-0.39, 0.29) is 0 Å². The molecule has 1 aliphatic heterocycles. The van der Waals surface area contributed by atoms with Gasteiger partial charge >= 0.3 is 0 Å². The highest BCUT2D eigenvalue weighted by atomic mass is 32.1. The maximum atomic E-state index is 5.14. The Balaban J connectivity index is 1.65. The topological polar surface area (TPSA) is 61.8 Å². The number of hydrogen-bond donors (Lipinski definition) is 2. The van der Waals surface area contributed by atoms with Crippen LogP contribution in [0.1, 0.15) is 22.7 Å². The van der Waals surface area contributed by atoms with Crippen molar-refractivity contribution in [1.29, 1.82) is 0 Å². The zero-order valence-corrected chi connectivity index (χ0v) is 15.3. The number of likely N-dealkylation sites (tertiary alicyclic amines) is 1. The Morgan fingerprint density at radius 1 is 1.48 bits per heavy atom. The molecule has 2 rings (SSSR count). The summed E-state index contributed by atoms with van der Waals surface area (Å²) in [6.45, 7) is 7.04. The van der Waals surface area contributed by atoms with Gasteiger partial charge in [0, 0.05) is 63.9 Å². The van der Waals surface area contributed by atoms with Gasteiger partial charge in [0.2, 0.25) is 0 Å². The number of methoxy groups -OCH3 is 1. The Labute approximate surface area is 143 Å². The van der Waals surface area contributed by atoms with Gasteiger partial charge in [-0.2, -0.15) is 0 Å². The molecular formula is C16H29N5OS. The second-order valence-electron chi connectivity index (χ2n) is 5.87. The van der Waals surface area contributed by atoms with Crippen molar-refractivity contribution in [1.82, 2.24) is 20.5 Å². The maximum Gasteiger partial charge on any atom is 0.191 e. The fourth-order valence-corrected chi connectivity index (χ4v) is 3.50. The molecule has 2 heterocycles. The fraction of sp³-hybridized carbons (Fsp3) is 0.750. The molecule has 1 aliphatic rings. The lowest BCUT2D eigenvalue weighted by molar-refractivity contribution is 0.128. The van der Waals surface area contributed by atoms with E-state index in [1.54, 1.807) is 18.4 Å². The summed E-state index contributed by atoms with van der Waals surface area (Å²) in [4.78, 5) is 12.4. The summed E-state index contributed by atoms with van der Waals surface area (Å²) >= 11 is 1.76. The molecule has 0 aromatic carbocycles. The van der Waals surface area contributed by atoms with E-state index in [0.717, 1.165) is 58.0 Å². The van der Waals surface area contributed by atoms with E-state index >= 15 is 0 Å². The van der Waals surface area contributed by atoms with Crippen LogP contribution in [0, 0.1) is 6.92 Å². The predicted molar refractivity (Wildman–Crippen MR) is 96.4 cm³/mol. The summed E-state index contributed by atoms with van der Waals surface area (Å²) in [5.74, 6) is 0.897. The third kappa shape index (κ3) is 6.45. The van der Waals surface area contributed by atoms with Crippen molar-refractivity contribution in [3.8, 4) is 0 Å². The van der Waals surface area contributed by atoms with Crippen LogP contribution in [-0.4, -0.2) is 68.8 Å². The summed E-state index contributed by atoms with van der Waals surface area (Å²) in [6, 6.07) is 0.502. The van der Waals surface area contributed by atoms with Crippen molar-refractivity contribution in [3.05, 3.63) is 16.1 Å². The standard InChI is InChI=1S/C16H29N5OS/c1-13-12-19-15(23-13)4-7-18-16(17-2)20-14-5-8-21(9-6-14)10-11-22-3/h12,14H,4-11H2,1-3H3,(H2,17,18,20). The molecule has 2 N–H and O–H groups in total. The number of rotatable bonds is 7. The second kappa shape index (κ2) is 9.85. The molecule has 0 spiro atoms. The van der Waals surface area contributed by atoms with Crippen LogP contribution in [0.25, 0.3) is 0 Å². The third-order valence-corrected chi connectivity index (χ3v) is 5.04. The van der Waals surface area contributed by atoms with Gasteiger partial charge in [-0.3, -0.25) is 4.99 Å². The van der Waals surface area contributed by atoms with E-state index in [1.807, 2.05) is 13.2 Å². The lowest BCUT2D eigenvalue weighted by Gasteiger charge is -2.32. The Bertz CT molecular complexity index is 483. The summed E-state index contributed by atoms with van der Waals surface area (Å²) in [5.41, 5.74) is 0. The fourth-order valence-electron chi connectivity index (χ4n) is 2.71. The number of ether oxygens (including phenoxy) is 1. The molecule has 0 aliphatic carbocycles. The minimum Gasteiger partial charge on any atom is -0.383 e. The number of thiazole rings is 1. The Morgan fingerprint density at radius 2 is 2.26 bits per heavy atom. The number of piperidine rings is 1. The Morgan fingerprint density at radius 3 is 2.87 bits per heavy atom. The highest BCUT2D eigenvalue weighted by molar-refractivity contribution is 7.11. The molecule has 23 heavy (non-hydrogen) atoms. The number of hydrogen-bond acceptors (Lipinski definition) is 5. The molecule has 7 heteroatoms. The van der Waals surface area contributed by atoms with Crippen LogP contribution in [0.4, 0.5) is 0 Å². The van der Waals surface area contributed by atoms with Crippen LogP contribution < -0.4 is 10.6 Å². The third-order valence-electron chi connectivity index (χ3n) is 4.06. The normalized spacial score (nSPS) is 17.4. The van der Waals surface area contributed by atoms with Crippen LogP contribution in [0.5, 0.6) is 0 Å². The number of aliphatic imine (C=N–C) groups is 1. The van der Waals surface area contributed by atoms with Gasteiger partial charge in [0.1, 0.15) is 0 Å². The van der Waals surface area contributed by atoms with Crippen molar-refractivity contribution in [2.45, 2.75) is 32.2 Å². The van der Waals surface area contributed by atoms with E-state index in [4.69, 9.17) is 4.74 Å². The van der Waals surface area contributed by atoms with Gasteiger partial charge in [0.05, 0.1) is 11.6 Å². The van der Waals surface area contributed by atoms with E-state index < -0.39 is 0 Å². The smallest absolute Gasteiger partial charge is 0.191 e. The SMILES string of the molecule is CN=C(NCCc1ncc(C)s1)NC1CCN(CCOC)CC1. The van der Waals surface area contributed by atoms with Gasteiger partial charge < -0.3 is 20.3 Å². The van der Waals surface area contributed by atoms with E-state index in [1.165, 1.54) is 9.88 Å². The zero-order valence-electron chi connectivity index (χ0n) is 14.5. The average Bonchev–Trinajstić information content (AvgIpc) is 2.98. The monoisotopic (exact) mass is 339 g/mol. The van der Waals surface area contributed by atoms with Gasteiger partial charge in [-0.05, 0) is 19.8 Å². The zero-order chi connectivity index (χ0) is 16.5. The number of nitrogens with zero attached hydrogens (tertiary/aromatic N) is 3. The molecule has 130 valence electrons. The summed E-state index contributed by atoms with van der Waals surface area (Å²) in [6.07, 6.45) is 5.17. The van der Waals surface area contributed by atoms with Crippen molar-refractivity contribution in [2.24, 2.45) is 4.99 Å². The van der Waals surface area contributed by atoms with Crippen LogP contribution >= 0.6 is 11.3 Å². The lowest BCUT2D eigenvalue weighted by atomic mass is 10.1. The van der Waals surface area contributed by atoms with Gasteiger partial charge in [-0.25, -0.2) is 4.98 Å². The molecule has 1 aromatic rings. The van der Waals surface area contributed by atoms with Crippen molar-refractivity contribution >= 4 is 17.3 Å². The first-order valence-corrected chi connectivity index (χ1v) is 9.12. The summed E-state index contributed by atoms with van der Waals surface area (Å²) in [7, 11) is 3.59. The highest BCUT2D eigenvalue weighted by Crippen LogP contribution is 2.11. The number of guanidine groups is 1. The van der Waals surface area contributed by atoms with Gasteiger partial charge in [0.15, 0.2) is 5.96 Å². The Kier molecular flexibility index (Phi) is 7.78. The van der Waals surface area contributed by atoms with Crippen molar-refractivity contribution in [3.63, 3.8) is 0 Å². The summed E-state index contributed by atoms with van der Waals surface area (Å²) < 4.78 is 5.14. The quantitative estimate of drug-likeness (QED) is 0.579. The van der Waals surface area contributed by atoms with E-state index in [2.05, 4.69) is 32.4 Å². The largest absolute Gasteiger partial charge is 0.383 e. The first kappa shape index (κ1) is 18.2. The molecule has 0 amide bonds. The van der Waals surface area contributed by atoms with Crippen LogP contribution in [0.2, 0.25) is 0 Å². The molecule has 0 atom stereocenters. The highest BCUT2D eigenvalue weighted by Gasteiger charge is 2.19. The van der Waals surface area contributed by atoms with Crippen molar-refractivity contribution in [2.75, 3.05) is 46.9 Å². The molecule has 0 bridgehead atoms. The molecule has 1 aromatic heterocycles. The van der Waals surface area contributed by atoms with Crippen molar-refractivity contribution < 1.29 is 4.74 Å². The van der Waals surface area contributed by atoms with Gasteiger partial charge in [0.25, 0.3) is 0 Å². The molecule has 0 radical (unpaired) electrons. The van der Waals surface area contributed by atoms with Crippen LogP contribution in [-0.2, 0) is 11.2 Å². The summed E-state index contributed by atoms with van der Waals surface area (Å²) in [5, 5.41) is 8.11. The van der Waals surface area contributed by atoms with E-state index in [0.29, 0.717) is 6.04 Å². The second-order valence-corrected chi connectivity index (χ2v) is 7.19. The molecular weight excluding hydrogens is 310 g/mol. The number of nitrogens with one attached hydrogen (secondary N) is 2. The van der Waals surface area contributed by atoms with Gasteiger partial charge in [-0.1, -0.05) is 0 Å². The van der Waals surface area contributed by atoms with Gasteiger partial charge in [-0.15, -0.1) is 11.3 Å². The maximum absolute atomic E-state index is 5.14. The molecule has 6 nitrogen and oxygen atoms in total. The Hall–Kier alpha value is -1.18. The average molecular weight is 340 g/mol. The van der Waals surface area contributed by atoms with Crippen LogP contribution in [0.3, 0.4) is 0 Å². The molecule has 1 fully saturated rings. The molecule has 0 saturated carbocycles. The number of aryl methyl sites for hydroxylation is 1. The first-order chi connectivity index (χ1) is 11.2. The molecule has 1 saturated heterocycles. The minimum atomic E-state index is 0.502.